The monoisotopic (exact) mass is 335 g/mol. The van der Waals surface area contributed by atoms with Gasteiger partial charge in [-0.2, -0.15) is 0 Å². The number of carbonyl (C=O) groups is 2. The molecule has 0 aliphatic carbocycles. The van der Waals surface area contributed by atoms with Gasteiger partial charge in [-0.1, -0.05) is 13.8 Å². The lowest BCUT2D eigenvalue weighted by molar-refractivity contribution is -0.121. The van der Waals surface area contributed by atoms with Crippen molar-refractivity contribution in [3.8, 4) is 0 Å². The van der Waals surface area contributed by atoms with Crippen molar-refractivity contribution in [2.45, 2.75) is 27.2 Å². The van der Waals surface area contributed by atoms with Crippen molar-refractivity contribution in [2.24, 2.45) is 5.92 Å². The summed E-state index contributed by atoms with van der Waals surface area (Å²) in [5.74, 6) is 0.0786. The highest BCUT2D eigenvalue weighted by Gasteiger charge is 2.19. The van der Waals surface area contributed by atoms with E-state index < -0.39 is 0 Å². The topological polar surface area (TPSA) is 78.4 Å². The van der Waals surface area contributed by atoms with Gasteiger partial charge >= 0.3 is 0 Å². The summed E-state index contributed by atoms with van der Waals surface area (Å²) in [6.45, 7) is 8.26. The van der Waals surface area contributed by atoms with Crippen LogP contribution in [-0.4, -0.2) is 71.9 Å². The maximum Gasteiger partial charge on any atom is 0.274 e. The summed E-state index contributed by atoms with van der Waals surface area (Å²) in [6.07, 6.45) is 3.35. The average Bonchev–Trinajstić information content (AvgIpc) is 2.50. The maximum atomic E-state index is 12.6. The normalized spacial score (nSPS) is 11.0. The molecular formula is C17H29N5O2. The number of rotatable bonds is 9. The van der Waals surface area contributed by atoms with Crippen LogP contribution in [0, 0.1) is 12.8 Å². The van der Waals surface area contributed by atoms with Crippen LogP contribution in [0.5, 0.6) is 0 Å². The first kappa shape index (κ1) is 20.0. The van der Waals surface area contributed by atoms with E-state index in [2.05, 4.69) is 15.3 Å². The average molecular weight is 335 g/mol. The minimum Gasteiger partial charge on any atom is -0.355 e. The number of hydrogen-bond donors (Lipinski definition) is 1. The second-order valence-corrected chi connectivity index (χ2v) is 6.59. The lowest BCUT2D eigenvalue weighted by Crippen LogP contribution is -2.39. The van der Waals surface area contributed by atoms with Crippen LogP contribution in [0.1, 0.15) is 36.5 Å². The SMILES string of the molecule is Cc1cnc(C(=O)N(CCC(=O)NCCN(C)C)CC(C)C)cn1. The summed E-state index contributed by atoms with van der Waals surface area (Å²) in [7, 11) is 3.91. The van der Waals surface area contributed by atoms with Crippen LogP contribution < -0.4 is 5.32 Å². The number of aryl methyl sites for hydroxylation is 1. The van der Waals surface area contributed by atoms with Crippen molar-refractivity contribution >= 4 is 11.8 Å². The van der Waals surface area contributed by atoms with E-state index in [0.29, 0.717) is 31.2 Å². The third kappa shape index (κ3) is 7.50. The Morgan fingerprint density at radius 3 is 2.42 bits per heavy atom. The molecule has 2 amide bonds. The van der Waals surface area contributed by atoms with E-state index in [9.17, 15) is 9.59 Å². The Balaban J connectivity index is 2.60. The molecule has 24 heavy (non-hydrogen) atoms. The quantitative estimate of drug-likeness (QED) is 0.727. The molecule has 0 aliphatic rings. The van der Waals surface area contributed by atoms with E-state index in [-0.39, 0.29) is 18.2 Å². The van der Waals surface area contributed by atoms with Crippen LogP contribution in [-0.2, 0) is 4.79 Å². The molecule has 1 aromatic rings. The molecule has 1 N–H and O–H groups in total. The van der Waals surface area contributed by atoms with Crippen molar-refractivity contribution in [2.75, 3.05) is 40.3 Å². The lowest BCUT2D eigenvalue weighted by Gasteiger charge is -2.24. The molecule has 0 fully saturated rings. The molecule has 0 bridgehead atoms. The summed E-state index contributed by atoms with van der Waals surface area (Å²) in [4.78, 5) is 36.5. The van der Waals surface area contributed by atoms with Crippen molar-refractivity contribution in [1.82, 2.24) is 25.1 Å². The Morgan fingerprint density at radius 2 is 1.88 bits per heavy atom. The molecule has 0 radical (unpaired) electrons. The highest BCUT2D eigenvalue weighted by atomic mass is 16.2. The second-order valence-electron chi connectivity index (χ2n) is 6.59. The van der Waals surface area contributed by atoms with Gasteiger partial charge in [0.2, 0.25) is 5.91 Å². The molecule has 0 atom stereocenters. The van der Waals surface area contributed by atoms with Crippen molar-refractivity contribution < 1.29 is 9.59 Å². The van der Waals surface area contributed by atoms with E-state index in [1.807, 2.05) is 39.8 Å². The van der Waals surface area contributed by atoms with E-state index in [4.69, 9.17) is 0 Å². The van der Waals surface area contributed by atoms with Gasteiger partial charge in [0.1, 0.15) is 5.69 Å². The van der Waals surface area contributed by atoms with Gasteiger partial charge < -0.3 is 15.1 Å². The summed E-state index contributed by atoms with van der Waals surface area (Å²) in [5.41, 5.74) is 1.08. The molecule has 1 heterocycles. The molecular weight excluding hydrogens is 306 g/mol. The van der Waals surface area contributed by atoms with E-state index in [1.54, 1.807) is 11.1 Å². The highest BCUT2D eigenvalue weighted by molar-refractivity contribution is 5.92. The standard InChI is InChI=1S/C17H29N5O2/c1-13(2)12-22(8-6-16(23)18-7-9-21(4)5)17(24)15-11-19-14(3)10-20-15/h10-11,13H,6-9,12H2,1-5H3,(H,18,23). The van der Waals surface area contributed by atoms with Gasteiger partial charge in [0, 0.05) is 38.8 Å². The van der Waals surface area contributed by atoms with Crippen molar-refractivity contribution in [1.29, 1.82) is 0 Å². The first-order valence-electron chi connectivity index (χ1n) is 8.29. The third-order valence-electron chi connectivity index (χ3n) is 3.36. The van der Waals surface area contributed by atoms with Crippen molar-refractivity contribution in [3.05, 3.63) is 23.8 Å². The largest absolute Gasteiger partial charge is 0.355 e. The summed E-state index contributed by atoms with van der Waals surface area (Å²) in [5, 5.41) is 2.86. The molecule has 0 aliphatic heterocycles. The Labute approximate surface area is 144 Å². The minimum atomic E-state index is -0.183. The van der Waals surface area contributed by atoms with Crippen LogP contribution >= 0.6 is 0 Å². The van der Waals surface area contributed by atoms with Crippen molar-refractivity contribution in [3.63, 3.8) is 0 Å². The molecule has 134 valence electrons. The number of nitrogens with one attached hydrogen (secondary N) is 1. The fourth-order valence-corrected chi connectivity index (χ4v) is 2.13. The predicted molar refractivity (Wildman–Crippen MR) is 93.7 cm³/mol. The van der Waals surface area contributed by atoms with Crippen LogP contribution in [0.4, 0.5) is 0 Å². The van der Waals surface area contributed by atoms with Gasteiger partial charge in [-0.3, -0.25) is 14.6 Å². The number of nitrogens with zero attached hydrogens (tertiary/aromatic N) is 4. The number of hydrogen-bond acceptors (Lipinski definition) is 5. The number of likely N-dealkylation sites (N-methyl/N-ethyl adjacent to an activating group) is 1. The number of aromatic nitrogens is 2. The molecule has 7 nitrogen and oxygen atoms in total. The second kappa shape index (κ2) is 9.97. The molecule has 0 saturated carbocycles. The van der Waals surface area contributed by atoms with Crippen LogP contribution in [0.15, 0.2) is 12.4 Å². The first-order valence-corrected chi connectivity index (χ1v) is 8.29. The van der Waals surface area contributed by atoms with E-state index in [0.717, 1.165) is 12.2 Å². The maximum absolute atomic E-state index is 12.6. The van der Waals surface area contributed by atoms with Gasteiger partial charge in [-0.15, -0.1) is 0 Å². The van der Waals surface area contributed by atoms with Gasteiger partial charge in [0.15, 0.2) is 0 Å². The summed E-state index contributed by atoms with van der Waals surface area (Å²) >= 11 is 0. The molecule has 0 unspecified atom stereocenters. The van der Waals surface area contributed by atoms with E-state index in [1.165, 1.54) is 6.20 Å². The Bertz CT molecular complexity index is 528. The minimum absolute atomic E-state index is 0.0478. The predicted octanol–water partition coefficient (Wildman–Crippen LogP) is 0.951. The van der Waals surface area contributed by atoms with Crippen LogP contribution in [0.25, 0.3) is 0 Å². The molecule has 0 aromatic carbocycles. The molecule has 0 spiro atoms. The molecule has 0 saturated heterocycles. The van der Waals surface area contributed by atoms with Crippen LogP contribution in [0.2, 0.25) is 0 Å². The Kier molecular flexibility index (Phi) is 8.32. The number of amides is 2. The summed E-state index contributed by atoms with van der Waals surface area (Å²) in [6, 6.07) is 0. The molecule has 7 heteroatoms. The third-order valence-corrected chi connectivity index (χ3v) is 3.36. The van der Waals surface area contributed by atoms with E-state index >= 15 is 0 Å². The zero-order valence-corrected chi connectivity index (χ0v) is 15.4. The zero-order valence-electron chi connectivity index (χ0n) is 15.4. The van der Waals surface area contributed by atoms with Gasteiger partial charge in [-0.25, -0.2) is 4.98 Å². The molecule has 1 rings (SSSR count). The lowest BCUT2D eigenvalue weighted by atomic mass is 10.2. The number of carbonyl (C=O) groups excluding carboxylic acids is 2. The molecule has 1 aromatic heterocycles. The smallest absolute Gasteiger partial charge is 0.274 e. The highest BCUT2D eigenvalue weighted by Crippen LogP contribution is 2.06. The van der Waals surface area contributed by atoms with Gasteiger partial charge in [0.05, 0.1) is 11.9 Å². The first-order chi connectivity index (χ1) is 11.3. The fourth-order valence-electron chi connectivity index (χ4n) is 2.13. The van der Waals surface area contributed by atoms with Gasteiger partial charge in [-0.05, 0) is 26.9 Å². The Morgan fingerprint density at radius 1 is 1.17 bits per heavy atom. The Hall–Kier alpha value is -2.02. The van der Waals surface area contributed by atoms with Gasteiger partial charge in [0.25, 0.3) is 5.91 Å². The fraction of sp³-hybridized carbons (Fsp3) is 0.647. The summed E-state index contributed by atoms with van der Waals surface area (Å²) < 4.78 is 0. The zero-order chi connectivity index (χ0) is 18.1. The van der Waals surface area contributed by atoms with Crippen LogP contribution in [0.3, 0.4) is 0 Å².